The number of nitrogens with zero attached hydrogens (tertiary/aromatic N) is 1. The Kier molecular flexibility index (Phi) is 7.55. The van der Waals surface area contributed by atoms with Crippen LogP contribution < -0.4 is 5.32 Å². The van der Waals surface area contributed by atoms with E-state index < -0.39 is 0 Å². The van der Waals surface area contributed by atoms with Crippen molar-refractivity contribution in [3.63, 3.8) is 0 Å². The lowest BCUT2D eigenvalue weighted by Gasteiger charge is -2.34. The lowest BCUT2D eigenvalue weighted by atomic mass is 9.86. The van der Waals surface area contributed by atoms with Crippen molar-refractivity contribution in [3.8, 4) is 0 Å². The van der Waals surface area contributed by atoms with Gasteiger partial charge in [-0.2, -0.15) is 11.8 Å². The molecule has 1 N–H and O–H groups in total. The second-order valence-electron chi connectivity index (χ2n) is 5.85. The highest BCUT2D eigenvalue weighted by atomic mass is 35.5. The quantitative estimate of drug-likeness (QED) is 0.869. The number of rotatable bonds is 3. The maximum absolute atomic E-state index is 12.3. The predicted molar refractivity (Wildman–Crippen MR) is 85.2 cm³/mol. The van der Waals surface area contributed by atoms with Gasteiger partial charge in [-0.25, -0.2) is 0 Å². The average Bonchev–Trinajstić information content (AvgIpc) is 2.40. The van der Waals surface area contributed by atoms with Crippen LogP contribution >= 0.6 is 24.2 Å². The second-order valence-corrected chi connectivity index (χ2v) is 7.00. The van der Waals surface area contributed by atoms with Crippen molar-refractivity contribution >= 4 is 30.1 Å². The Morgan fingerprint density at radius 3 is 2.58 bits per heavy atom. The Balaban J connectivity index is 0.00000180. The van der Waals surface area contributed by atoms with Crippen LogP contribution in [0.4, 0.5) is 0 Å². The van der Waals surface area contributed by atoms with Gasteiger partial charge in [0.25, 0.3) is 0 Å². The van der Waals surface area contributed by atoms with Crippen LogP contribution in [0.3, 0.4) is 0 Å². The van der Waals surface area contributed by atoms with Crippen LogP contribution in [-0.2, 0) is 4.79 Å². The third-order valence-electron chi connectivity index (χ3n) is 4.35. The number of hydrogen-bond acceptors (Lipinski definition) is 3. The van der Waals surface area contributed by atoms with Crippen LogP contribution in [0.2, 0.25) is 0 Å². The number of amides is 1. The first-order valence-electron chi connectivity index (χ1n) is 7.23. The lowest BCUT2D eigenvalue weighted by Crippen LogP contribution is -2.45. The van der Waals surface area contributed by atoms with Crippen molar-refractivity contribution in [1.82, 2.24) is 10.2 Å². The summed E-state index contributed by atoms with van der Waals surface area (Å²) in [4.78, 5) is 14.3. The molecule has 112 valence electrons. The molecule has 0 aromatic carbocycles. The summed E-state index contributed by atoms with van der Waals surface area (Å²) in [5.74, 6) is 3.44. The summed E-state index contributed by atoms with van der Waals surface area (Å²) >= 11 is 1.96. The molecule has 0 radical (unpaired) electrons. The Labute approximate surface area is 127 Å². The van der Waals surface area contributed by atoms with Crippen LogP contribution in [0.15, 0.2) is 0 Å². The van der Waals surface area contributed by atoms with E-state index in [2.05, 4.69) is 12.2 Å². The maximum atomic E-state index is 12.3. The fraction of sp³-hybridized carbons (Fsp3) is 0.929. The highest BCUT2D eigenvalue weighted by Crippen LogP contribution is 2.27. The summed E-state index contributed by atoms with van der Waals surface area (Å²) in [6, 6.07) is 0.881. The van der Waals surface area contributed by atoms with Gasteiger partial charge in [0.15, 0.2) is 0 Å². The molecule has 1 aliphatic carbocycles. The lowest BCUT2D eigenvalue weighted by molar-refractivity contribution is -0.133. The Morgan fingerprint density at radius 2 is 2.00 bits per heavy atom. The fourth-order valence-electron chi connectivity index (χ4n) is 2.94. The van der Waals surface area contributed by atoms with E-state index in [0.717, 1.165) is 18.2 Å². The highest BCUT2D eigenvalue weighted by Gasteiger charge is 2.26. The van der Waals surface area contributed by atoms with E-state index in [1.165, 1.54) is 31.4 Å². The standard InChI is InChI=1S/C14H26N2OS.ClH/c1-11-3-5-13(6-4-11)16(2)14(17)9-12-10-18-8-7-15-12;/h11-13,15H,3-10H2,1-2H3;1H. The van der Waals surface area contributed by atoms with Gasteiger partial charge in [0.05, 0.1) is 0 Å². The minimum atomic E-state index is 0. The minimum Gasteiger partial charge on any atom is -0.343 e. The number of carbonyl (C=O) groups excluding carboxylic acids is 1. The third kappa shape index (κ3) is 5.16. The summed E-state index contributed by atoms with van der Waals surface area (Å²) in [6.45, 7) is 3.37. The van der Waals surface area contributed by atoms with Gasteiger partial charge in [-0.05, 0) is 31.6 Å². The zero-order valence-electron chi connectivity index (χ0n) is 12.1. The van der Waals surface area contributed by atoms with Gasteiger partial charge >= 0.3 is 0 Å². The van der Waals surface area contributed by atoms with Crippen LogP contribution in [0.5, 0.6) is 0 Å². The Morgan fingerprint density at radius 1 is 1.32 bits per heavy atom. The van der Waals surface area contributed by atoms with E-state index in [1.54, 1.807) is 0 Å². The van der Waals surface area contributed by atoms with E-state index in [4.69, 9.17) is 0 Å². The molecule has 1 amide bonds. The van der Waals surface area contributed by atoms with Crippen molar-refractivity contribution in [1.29, 1.82) is 0 Å². The van der Waals surface area contributed by atoms with E-state index >= 15 is 0 Å². The van der Waals surface area contributed by atoms with Gasteiger partial charge in [0.1, 0.15) is 0 Å². The molecule has 1 atom stereocenters. The van der Waals surface area contributed by atoms with E-state index in [1.807, 2.05) is 23.7 Å². The molecular weight excluding hydrogens is 280 g/mol. The first kappa shape index (κ1) is 17.1. The molecule has 0 aromatic rings. The number of halogens is 1. The molecule has 1 saturated carbocycles. The summed E-state index contributed by atoms with van der Waals surface area (Å²) in [7, 11) is 2.00. The van der Waals surface area contributed by atoms with Gasteiger partial charge in [-0.15, -0.1) is 12.4 Å². The molecule has 19 heavy (non-hydrogen) atoms. The molecule has 1 heterocycles. The van der Waals surface area contributed by atoms with Crippen LogP contribution in [0.25, 0.3) is 0 Å². The van der Waals surface area contributed by atoms with Crippen LogP contribution in [-0.4, -0.2) is 48.0 Å². The normalized spacial score (nSPS) is 31.4. The molecule has 2 fully saturated rings. The van der Waals surface area contributed by atoms with Crippen molar-refractivity contribution in [2.45, 2.75) is 51.1 Å². The second kappa shape index (κ2) is 8.38. The van der Waals surface area contributed by atoms with Gasteiger partial charge in [0, 0.05) is 43.6 Å². The molecule has 1 aliphatic heterocycles. The van der Waals surface area contributed by atoms with Gasteiger partial charge in [-0.3, -0.25) is 4.79 Å². The first-order valence-corrected chi connectivity index (χ1v) is 8.39. The van der Waals surface area contributed by atoms with Crippen molar-refractivity contribution in [3.05, 3.63) is 0 Å². The summed E-state index contributed by atoms with van der Waals surface area (Å²) in [6.07, 6.45) is 5.61. The Bertz CT molecular complexity index is 277. The number of hydrogen-bond donors (Lipinski definition) is 1. The van der Waals surface area contributed by atoms with Crippen molar-refractivity contribution in [2.75, 3.05) is 25.1 Å². The van der Waals surface area contributed by atoms with Crippen molar-refractivity contribution < 1.29 is 4.79 Å². The SMILES string of the molecule is CC1CCC(N(C)C(=O)CC2CSCCN2)CC1.Cl. The van der Waals surface area contributed by atoms with E-state index in [9.17, 15) is 4.79 Å². The minimum absolute atomic E-state index is 0. The summed E-state index contributed by atoms with van der Waals surface area (Å²) in [5, 5.41) is 3.45. The Hall–Kier alpha value is 0.0700. The average molecular weight is 307 g/mol. The van der Waals surface area contributed by atoms with E-state index in [0.29, 0.717) is 24.4 Å². The van der Waals surface area contributed by atoms with Crippen LogP contribution in [0, 0.1) is 5.92 Å². The highest BCUT2D eigenvalue weighted by molar-refractivity contribution is 7.99. The predicted octanol–water partition coefficient (Wildman–Crippen LogP) is 2.54. The molecule has 1 saturated heterocycles. The molecule has 2 aliphatic rings. The number of nitrogens with one attached hydrogen (secondary N) is 1. The molecule has 2 rings (SSSR count). The molecule has 5 heteroatoms. The first-order chi connectivity index (χ1) is 8.66. The molecule has 0 bridgehead atoms. The summed E-state index contributed by atoms with van der Waals surface area (Å²) in [5.41, 5.74) is 0. The molecule has 3 nitrogen and oxygen atoms in total. The largest absolute Gasteiger partial charge is 0.343 e. The maximum Gasteiger partial charge on any atom is 0.224 e. The van der Waals surface area contributed by atoms with Gasteiger partial charge < -0.3 is 10.2 Å². The zero-order chi connectivity index (χ0) is 13.0. The topological polar surface area (TPSA) is 32.3 Å². The fourth-order valence-corrected chi connectivity index (χ4v) is 3.89. The molecule has 0 aromatic heterocycles. The van der Waals surface area contributed by atoms with Gasteiger partial charge in [0.2, 0.25) is 5.91 Å². The smallest absolute Gasteiger partial charge is 0.224 e. The monoisotopic (exact) mass is 306 g/mol. The summed E-state index contributed by atoms with van der Waals surface area (Å²) < 4.78 is 0. The number of thioether (sulfide) groups is 1. The molecular formula is C14H27ClN2OS. The van der Waals surface area contributed by atoms with Crippen molar-refractivity contribution in [2.24, 2.45) is 5.92 Å². The third-order valence-corrected chi connectivity index (χ3v) is 5.48. The molecule has 0 spiro atoms. The zero-order valence-corrected chi connectivity index (χ0v) is 13.7. The number of carbonyl (C=O) groups is 1. The van der Waals surface area contributed by atoms with Gasteiger partial charge in [-0.1, -0.05) is 6.92 Å². The van der Waals surface area contributed by atoms with Crippen LogP contribution in [0.1, 0.15) is 39.0 Å². The molecule has 1 unspecified atom stereocenters. The van der Waals surface area contributed by atoms with E-state index in [-0.39, 0.29) is 12.4 Å².